The van der Waals surface area contributed by atoms with Gasteiger partial charge in [0.1, 0.15) is 5.54 Å². The van der Waals surface area contributed by atoms with Gasteiger partial charge in [-0.2, -0.15) is 5.26 Å². The predicted octanol–water partition coefficient (Wildman–Crippen LogP) is 2.74. The molecule has 1 N–H and O–H groups in total. The van der Waals surface area contributed by atoms with E-state index >= 15 is 0 Å². The van der Waals surface area contributed by atoms with E-state index in [1.54, 1.807) is 0 Å². The summed E-state index contributed by atoms with van der Waals surface area (Å²) in [7, 11) is 0. The Morgan fingerprint density at radius 3 is 2.42 bits per heavy atom. The Labute approximate surface area is 118 Å². The Kier molecular flexibility index (Phi) is 10.8. The van der Waals surface area contributed by atoms with Gasteiger partial charge in [-0.05, 0) is 38.6 Å². The van der Waals surface area contributed by atoms with Crippen LogP contribution in [0.3, 0.4) is 0 Å². The van der Waals surface area contributed by atoms with E-state index < -0.39 is 5.54 Å². The van der Waals surface area contributed by atoms with Crippen molar-refractivity contribution < 1.29 is 9.47 Å². The maximum atomic E-state index is 9.10. The second-order valence-electron chi connectivity index (χ2n) is 5.51. The number of hydrogen-bond acceptors (Lipinski definition) is 4. The molecule has 0 bridgehead atoms. The zero-order chi connectivity index (χ0) is 14.6. The van der Waals surface area contributed by atoms with Crippen molar-refractivity contribution in [3.8, 4) is 6.07 Å². The number of nitrogens with zero attached hydrogens (tertiary/aromatic N) is 1. The Morgan fingerprint density at radius 1 is 1.16 bits per heavy atom. The van der Waals surface area contributed by atoms with Crippen LogP contribution in [0.4, 0.5) is 0 Å². The molecular formula is C15H30N2O2. The first-order valence-electron chi connectivity index (χ1n) is 7.36. The number of unbranched alkanes of at least 4 members (excludes halogenated alkanes) is 1. The van der Waals surface area contributed by atoms with Gasteiger partial charge in [0.05, 0.1) is 19.3 Å². The molecule has 0 aliphatic rings. The summed E-state index contributed by atoms with van der Waals surface area (Å²) in [6.07, 6.45) is 2.86. The van der Waals surface area contributed by atoms with Gasteiger partial charge in [0.25, 0.3) is 0 Å². The topological polar surface area (TPSA) is 54.3 Å². The van der Waals surface area contributed by atoms with E-state index in [0.717, 1.165) is 39.0 Å². The molecule has 0 spiro atoms. The Morgan fingerprint density at radius 2 is 1.84 bits per heavy atom. The van der Waals surface area contributed by atoms with Gasteiger partial charge >= 0.3 is 0 Å². The minimum absolute atomic E-state index is 0.394. The highest BCUT2D eigenvalue weighted by atomic mass is 16.5. The van der Waals surface area contributed by atoms with Crippen molar-refractivity contribution in [3.63, 3.8) is 0 Å². The lowest BCUT2D eigenvalue weighted by atomic mass is 9.97. The number of hydrogen-bond donors (Lipinski definition) is 1. The molecule has 0 amide bonds. The maximum Gasteiger partial charge on any atom is 0.103 e. The van der Waals surface area contributed by atoms with E-state index in [1.165, 1.54) is 0 Å². The van der Waals surface area contributed by atoms with E-state index in [2.05, 4.69) is 25.2 Å². The Bertz CT molecular complexity index is 251. The van der Waals surface area contributed by atoms with Crippen molar-refractivity contribution in [2.24, 2.45) is 5.92 Å². The van der Waals surface area contributed by atoms with Crippen molar-refractivity contribution in [3.05, 3.63) is 0 Å². The molecule has 1 unspecified atom stereocenters. The molecule has 112 valence electrons. The van der Waals surface area contributed by atoms with Crippen LogP contribution in [0.25, 0.3) is 0 Å². The third-order valence-electron chi connectivity index (χ3n) is 2.85. The van der Waals surface area contributed by atoms with Crippen LogP contribution in [0, 0.1) is 17.2 Å². The summed E-state index contributed by atoms with van der Waals surface area (Å²) in [6.45, 7) is 12.0. The van der Waals surface area contributed by atoms with Crippen LogP contribution in [0.1, 0.15) is 47.0 Å². The number of nitrogens with one attached hydrogen (secondary N) is 1. The van der Waals surface area contributed by atoms with Gasteiger partial charge in [0, 0.05) is 13.2 Å². The molecule has 0 aromatic rings. The minimum Gasteiger partial charge on any atom is -0.379 e. The van der Waals surface area contributed by atoms with Crippen molar-refractivity contribution in [1.29, 1.82) is 5.26 Å². The summed E-state index contributed by atoms with van der Waals surface area (Å²) in [5.41, 5.74) is -0.394. The molecule has 0 radical (unpaired) electrons. The Hall–Kier alpha value is -0.630. The first-order valence-corrected chi connectivity index (χ1v) is 7.36. The van der Waals surface area contributed by atoms with E-state index in [0.29, 0.717) is 19.1 Å². The molecule has 4 nitrogen and oxygen atoms in total. The van der Waals surface area contributed by atoms with E-state index in [-0.39, 0.29) is 0 Å². The van der Waals surface area contributed by atoms with Crippen LogP contribution in [0.5, 0.6) is 0 Å². The second kappa shape index (κ2) is 11.2. The average Bonchev–Trinajstić information content (AvgIpc) is 2.37. The summed E-state index contributed by atoms with van der Waals surface area (Å²) in [4.78, 5) is 0. The average molecular weight is 270 g/mol. The van der Waals surface area contributed by atoms with Gasteiger partial charge in [-0.3, -0.25) is 5.32 Å². The molecule has 0 rings (SSSR count). The second-order valence-corrected chi connectivity index (χ2v) is 5.51. The highest BCUT2D eigenvalue weighted by Crippen LogP contribution is 2.12. The summed E-state index contributed by atoms with van der Waals surface area (Å²) in [5.74, 6) is 0.578. The van der Waals surface area contributed by atoms with Crippen molar-refractivity contribution in [1.82, 2.24) is 5.32 Å². The molecule has 0 aromatic carbocycles. The smallest absolute Gasteiger partial charge is 0.103 e. The quantitative estimate of drug-likeness (QED) is 0.554. The third kappa shape index (κ3) is 10.9. The van der Waals surface area contributed by atoms with Gasteiger partial charge in [0.2, 0.25) is 0 Å². The molecule has 0 fully saturated rings. The third-order valence-corrected chi connectivity index (χ3v) is 2.85. The molecule has 0 aliphatic heterocycles. The lowest BCUT2D eigenvalue weighted by molar-refractivity contribution is 0.0363. The highest BCUT2D eigenvalue weighted by molar-refractivity contribution is 5.03. The van der Waals surface area contributed by atoms with Crippen LogP contribution in [-0.4, -0.2) is 38.5 Å². The Balaban J connectivity index is 3.38. The summed E-state index contributed by atoms with van der Waals surface area (Å²) < 4.78 is 10.9. The SMILES string of the molecule is CCNC(C)(C#N)CCCCOCCOCC(C)C. The molecule has 0 heterocycles. The van der Waals surface area contributed by atoms with Crippen molar-refractivity contribution in [2.75, 3.05) is 33.0 Å². The summed E-state index contributed by atoms with van der Waals surface area (Å²) in [5, 5.41) is 12.3. The zero-order valence-electron chi connectivity index (χ0n) is 13.0. The predicted molar refractivity (Wildman–Crippen MR) is 78.0 cm³/mol. The van der Waals surface area contributed by atoms with E-state index in [1.807, 2.05) is 13.8 Å². The van der Waals surface area contributed by atoms with Crippen molar-refractivity contribution in [2.45, 2.75) is 52.5 Å². The fourth-order valence-corrected chi connectivity index (χ4v) is 1.80. The summed E-state index contributed by atoms with van der Waals surface area (Å²) in [6, 6.07) is 2.34. The molecule has 0 aromatic heterocycles. The van der Waals surface area contributed by atoms with Gasteiger partial charge in [-0.1, -0.05) is 20.8 Å². The van der Waals surface area contributed by atoms with E-state index in [9.17, 15) is 0 Å². The van der Waals surface area contributed by atoms with E-state index in [4.69, 9.17) is 14.7 Å². The standard InChI is InChI=1S/C15H30N2O2/c1-5-17-15(4,13-16)8-6-7-9-18-10-11-19-12-14(2)3/h14,17H,5-12H2,1-4H3. The van der Waals surface area contributed by atoms with Gasteiger partial charge in [-0.15, -0.1) is 0 Å². The first-order chi connectivity index (χ1) is 9.04. The maximum absolute atomic E-state index is 9.10. The molecule has 0 aliphatic carbocycles. The molecular weight excluding hydrogens is 240 g/mol. The van der Waals surface area contributed by atoms with Crippen LogP contribution in [-0.2, 0) is 9.47 Å². The fraction of sp³-hybridized carbons (Fsp3) is 0.933. The lowest BCUT2D eigenvalue weighted by Crippen LogP contribution is -2.40. The highest BCUT2D eigenvalue weighted by Gasteiger charge is 2.20. The van der Waals surface area contributed by atoms with Crippen molar-refractivity contribution >= 4 is 0 Å². The first kappa shape index (κ1) is 18.4. The molecule has 0 saturated heterocycles. The van der Waals surface area contributed by atoms with Crippen LogP contribution in [0.15, 0.2) is 0 Å². The van der Waals surface area contributed by atoms with Crippen LogP contribution in [0.2, 0.25) is 0 Å². The minimum atomic E-state index is -0.394. The van der Waals surface area contributed by atoms with Crippen LogP contribution < -0.4 is 5.32 Å². The molecule has 4 heteroatoms. The number of ether oxygens (including phenoxy) is 2. The summed E-state index contributed by atoms with van der Waals surface area (Å²) >= 11 is 0. The van der Waals surface area contributed by atoms with Gasteiger partial charge < -0.3 is 9.47 Å². The van der Waals surface area contributed by atoms with Gasteiger partial charge in [0.15, 0.2) is 0 Å². The lowest BCUT2D eigenvalue weighted by Gasteiger charge is -2.22. The van der Waals surface area contributed by atoms with Crippen LogP contribution >= 0.6 is 0 Å². The molecule has 1 atom stereocenters. The largest absolute Gasteiger partial charge is 0.379 e. The molecule has 0 saturated carbocycles. The number of rotatable bonds is 12. The zero-order valence-corrected chi connectivity index (χ0v) is 13.0. The normalized spacial score (nSPS) is 14.3. The fourth-order valence-electron chi connectivity index (χ4n) is 1.80. The van der Waals surface area contributed by atoms with Gasteiger partial charge in [-0.25, -0.2) is 0 Å². The monoisotopic (exact) mass is 270 g/mol. The molecule has 19 heavy (non-hydrogen) atoms. The number of nitriles is 1.